The van der Waals surface area contributed by atoms with E-state index in [1.165, 1.54) is 9.87 Å². The minimum atomic E-state index is -3.39. The van der Waals surface area contributed by atoms with Crippen LogP contribution in [0.25, 0.3) is 11.1 Å². The maximum atomic E-state index is 12.9. The Hall–Kier alpha value is -2.22. The van der Waals surface area contributed by atoms with Gasteiger partial charge in [-0.1, -0.05) is 42.0 Å². The average molecular weight is 414 g/mol. The van der Waals surface area contributed by atoms with Gasteiger partial charge in [0, 0.05) is 44.8 Å². The molecule has 0 atom stereocenters. The van der Waals surface area contributed by atoms with Gasteiger partial charge in [-0.25, -0.2) is 0 Å². The zero-order chi connectivity index (χ0) is 20.4. The van der Waals surface area contributed by atoms with E-state index in [2.05, 4.69) is 31.2 Å². The molecule has 0 radical (unpaired) electrons. The van der Waals surface area contributed by atoms with Crippen LogP contribution in [0, 0.1) is 6.92 Å². The first kappa shape index (κ1) is 20.1. The highest BCUT2D eigenvalue weighted by atomic mass is 32.2. The van der Waals surface area contributed by atoms with Crippen LogP contribution in [-0.4, -0.2) is 67.1 Å². The van der Waals surface area contributed by atoms with Crippen LogP contribution < -0.4 is 0 Å². The lowest BCUT2D eigenvalue weighted by Gasteiger charge is -2.35. The fourth-order valence-corrected chi connectivity index (χ4v) is 5.61. The third-order valence-corrected chi connectivity index (χ3v) is 7.80. The number of amides is 1. The number of piperazine rings is 1. The summed E-state index contributed by atoms with van der Waals surface area (Å²) in [6.45, 7) is 4.82. The summed E-state index contributed by atoms with van der Waals surface area (Å²) >= 11 is 0. The predicted octanol–water partition coefficient (Wildman–Crippen LogP) is 2.76. The van der Waals surface area contributed by atoms with E-state index in [-0.39, 0.29) is 5.91 Å². The number of hydrogen-bond donors (Lipinski definition) is 0. The van der Waals surface area contributed by atoms with Crippen molar-refractivity contribution in [2.24, 2.45) is 0 Å². The van der Waals surface area contributed by atoms with Gasteiger partial charge in [-0.15, -0.1) is 0 Å². The molecule has 2 fully saturated rings. The van der Waals surface area contributed by atoms with Gasteiger partial charge in [0.15, 0.2) is 0 Å². The first-order valence-corrected chi connectivity index (χ1v) is 11.6. The van der Waals surface area contributed by atoms with E-state index in [9.17, 15) is 13.2 Å². The molecule has 0 aliphatic carbocycles. The molecule has 1 amide bonds. The standard InChI is InChI=1S/C22H27N3O3S/c1-18-4-6-19(7-5-18)20-8-10-21(11-9-20)22(26)23-14-16-25(17-15-23)29(27,28)24-12-2-3-13-24/h4-11H,2-3,12-17H2,1H3. The third-order valence-electron chi connectivity index (χ3n) is 5.76. The molecule has 6 nitrogen and oxygen atoms in total. The minimum Gasteiger partial charge on any atom is -0.336 e. The van der Waals surface area contributed by atoms with Crippen LogP contribution in [0.4, 0.5) is 0 Å². The van der Waals surface area contributed by atoms with Crippen molar-refractivity contribution in [1.82, 2.24) is 13.5 Å². The lowest BCUT2D eigenvalue weighted by molar-refractivity contribution is 0.0694. The van der Waals surface area contributed by atoms with Crippen molar-refractivity contribution in [3.05, 3.63) is 59.7 Å². The molecule has 0 aromatic heterocycles. The molecule has 0 unspecified atom stereocenters. The van der Waals surface area contributed by atoms with Gasteiger partial charge in [0.05, 0.1) is 0 Å². The van der Waals surface area contributed by atoms with E-state index in [1.807, 2.05) is 24.3 Å². The van der Waals surface area contributed by atoms with Crippen LogP contribution in [-0.2, 0) is 10.2 Å². The van der Waals surface area contributed by atoms with Gasteiger partial charge in [0.1, 0.15) is 0 Å². The average Bonchev–Trinajstić information content (AvgIpc) is 3.30. The van der Waals surface area contributed by atoms with Crippen molar-refractivity contribution in [3.8, 4) is 11.1 Å². The minimum absolute atomic E-state index is 0.0429. The molecule has 0 bridgehead atoms. The fraction of sp³-hybridized carbons (Fsp3) is 0.409. The summed E-state index contributed by atoms with van der Waals surface area (Å²) in [5, 5.41) is 0. The van der Waals surface area contributed by atoms with Crippen molar-refractivity contribution in [3.63, 3.8) is 0 Å². The Morgan fingerprint density at radius 3 is 1.76 bits per heavy atom. The quantitative estimate of drug-likeness (QED) is 0.774. The summed E-state index contributed by atoms with van der Waals surface area (Å²) in [5.41, 5.74) is 4.04. The molecular weight excluding hydrogens is 386 g/mol. The van der Waals surface area contributed by atoms with Crippen LogP contribution in [0.15, 0.2) is 48.5 Å². The number of aryl methyl sites for hydroxylation is 1. The monoisotopic (exact) mass is 413 g/mol. The Kier molecular flexibility index (Phi) is 5.72. The first-order chi connectivity index (χ1) is 13.9. The summed E-state index contributed by atoms with van der Waals surface area (Å²) in [6.07, 6.45) is 1.85. The molecule has 2 aliphatic rings. The molecule has 2 aliphatic heterocycles. The Bertz CT molecular complexity index is 957. The van der Waals surface area contributed by atoms with Crippen molar-refractivity contribution in [2.45, 2.75) is 19.8 Å². The smallest absolute Gasteiger partial charge is 0.282 e. The number of hydrogen-bond acceptors (Lipinski definition) is 3. The number of carbonyl (C=O) groups is 1. The molecule has 0 saturated carbocycles. The topological polar surface area (TPSA) is 60.9 Å². The van der Waals surface area contributed by atoms with E-state index < -0.39 is 10.2 Å². The van der Waals surface area contributed by atoms with Gasteiger partial charge in [-0.2, -0.15) is 17.0 Å². The summed E-state index contributed by atoms with van der Waals surface area (Å²) < 4.78 is 28.4. The van der Waals surface area contributed by atoms with Gasteiger partial charge in [-0.3, -0.25) is 4.79 Å². The van der Waals surface area contributed by atoms with Crippen LogP contribution in [0.1, 0.15) is 28.8 Å². The molecule has 29 heavy (non-hydrogen) atoms. The second-order valence-corrected chi connectivity index (χ2v) is 9.68. The van der Waals surface area contributed by atoms with E-state index in [0.29, 0.717) is 44.8 Å². The third kappa shape index (κ3) is 4.22. The Balaban J connectivity index is 1.39. The van der Waals surface area contributed by atoms with E-state index in [1.54, 1.807) is 9.21 Å². The van der Waals surface area contributed by atoms with Crippen molar-refractivity contribution in [2.75, 3.05) is 39.3 Å². The van der Waals surface area contributed by atoms with E-state index in [4.69, 9.17) is 0 Å². The Morgan fingerprint density at radius 2 is 1.21 bits per heavy atom. The molecular formula is C22H27N3O3S. The highest BCUT2D eigenvalue weighted by molar-refractivity contribution is 7.86. The Morgan fingerprint density at radius 1 is 0.724 bits per heavy atom. The van der Waals surface area contributed by atoms with Crippen molar-refractivity contribution < 1.29 is 13.2 Å². The molecule has 0 spiro atoms. The van der Waals surface area contributed by atoms with Crippen molar-refractivity contribution >= 4 is 16.1 Å². The normalized spacial score (nSPS) is 18.9. The summed E-state index contributed by atoms with van der Waals surface area (Å²) in [6, 6.07) is 15.9. The maximum absolute atomic E-state index is 12.9. The van der Waals surface area contributed by atoms with Crippen LogP contribution in [0.5, 0.6) is 0 Å². The number of carbonyl (C=O) groups excluding carboxylic acids is 1. The zero-order valence-corrected chi connectivity index (χ0v) is 17.6. The molecule has 2 aromatic rings. The molecule has 2 heterocycles. The van der Waals surface area contributed by atoms with Crippen LogP contribution in [0.3, 0.4) is 0 Å². The highest BCUT2D eigenvalue weighted by Crippen LogP contribution is 2.22. The lowest BCUT2D eigenvalue weighted by atomic mass is 10.0. The fourth-order valence-electron chi connectivity index (χ4n) is 3.94. The van der Waals surface area contributed by atoms with Gasteiger partial charge in [-0.05, 0) is 43.0 Å². The SMILES string of the molecule is Cc1ccc(-c2ccc(C(=O)N3CCN(S(=O)(=O)N4CCCC4)CC3)cc2)cc1. The van der Waals surface area contributed by atoms with Gasteiger partial charge < -0.3 is 4.90 Å². The molecule has 0 N–H and O–H groups in total. The highest BCUT2D eigenvalue weighted by Gasteiger charge is 2.34. The second-order valence-electron chi connectivity index (χ2n) is 7.75. The Labute approximate surface area is 172 Å². The molecule has 7 heteroatoms. The molecule has 4 rings (SSSR count). The van der Waals surface area contributed by atoms with E-state index >= 15 is 0 Å². The van der Waals surface area contributed by atoms with Crippen molar-refractivity contribution in [1.29, 1.82) is 0 Å². The number of benzene rings is 2. The predicted molar refractivity (Wildman–Crippen MR) is 114 cm³/mol. The van der Waals surface area contributed by atoms with Gasteiger partial charge in [0.25, 0.3) is 16.1 Å². The summed E-state index contributed by atoms with van der Waals surface area (Å²) in [7, 11) is -3.39. The lowest BCUT2D eigenvalue weighted by Crippen LogP contribution is -2.53. The first-order valence-electron chi connectivity index (χ1n) is 10.2. The molecule has 154 valence electrons. The second kappa shape index (κ2) is 8.26. The van der Waals surface area contributed by atoms with Crippen LogP contribution in [0.2, 0.25) is 0 Å². The zero-order valence-electron chi connectivity index (χ0n) is 16.8. The number of rotatable bonds is 4. The van der Waals surface area contributed by atoms with Gasteiger partial charge >= 0.3 is 0 Å². The van der Waals surface area contributed by atoms with E-state index in [0.717, 1.165) is 24.0 Å². The molecule has 2 saturated heterocycles. The molecule has 2 aromatic carbocycles. The van der Waals surface area contributed by atoms with Crippen LogP contribution >= 0.6 is 0 Å². The number of nitrogens with zero attached hydrogens (tertiary/aromatic N) is 3. The summed E-state index contributed by atoms with van der Waals surface area (Å²) in [5.74, 6) is -0.0429. The summed E-state index contributed by atoms with van der Waals surface area (Å²) in [4.78, 5) is 14.6. The van der Waals surface area contributed by atoms with Gasteiger partial charge in [0.2, 0.25) is 0 Å². The largest absolute Gasteiger partial charge is 0.336 e. The maximum Gasteiger partial charge on any atom is 0.282 e.